The van der Waals surface area contributed by atoms with Gasteiger partial charge in [-0.2, -0.15) is 0 Å². The fourth-order valence-electron chi connectivity index (χ4n) is 1.51. The summed E-state index contributed by atoms with van der Waals surface area (Å²) in [6.07, 6.45) is -6.06. The van der Waals surface area contributed by atoms with Crippen LogP contribution in [0.1, 0.15) is 20.8 Å². The van der Waals surface area contributed by atoms with E-state index in [9.17, 15) is 15.3 Å². The highest BCUT2D eigenvalue weighted by atomic mass is 16.7. The molecule has 6 nitrogen and oxygen atoms in total. The van der Waals surface area contributed by atoms with Crippen molar-refractivity contribution < 1.29 is 29.9 Å². The predicted molar refractivity (Wildman–Crippen MR) is 54.6 cm³/mol. The Bertz CT molecular complexity index is 224. The van der Waals surface area contributed by atoms with Gasteiger partial charge in [0, 0.05) is 0 Å². The average molecular weight is 236 g/mol. The Morgan fingerprint density at radius 1 is 1.06 bits per heavy atom. The quantitative estimate of drug-likeness (QED) is 0.471. The zero-order chi connectivity index (χ0) is 12.5. The van der Waals surface area contributed by atoms with Gasteiger partial charge >= 0.3 is 0 Å². The smallest absolute Gasteiger partial charge is 0.187 e. The van der Waals surface area contributed by atoms with E-state index in [2.05, 4.69) is 0 Å². The van der Waals surface area contributed by atoms with Gasteiger partial charge in [0.2, 0.25) is 0 Å². The third-order valence-corrected chi connectivity index (χ3v) is 2.32. The molecule has 5 atom stereocenters. The normalized spacial score (nSPS) is 41.1. The van der Waals surface area contributed by atoms with Gasteiger partial charge in [0.05, 0.1) is 12.2 Å². The maximum absolute atomic E-state index is 9.64. The fraction of sp³-hybridized carbons (Fsp3) is 1.00. The molecule has 6 heteroatoms. The highest BCUT2D eigenvalue weighted by molar-refractivity contribution is 4.89. The van der Waals surface area contributed by atoms with Gasteiger partial charge in [-0.05, 0) is 20.8 Å². The second kappa shape index (κ2) is 4.95. The number of hydrogen-bond donors (Lipinski definition) is 4. The van der Waals surface area contributed by atoms with Crippen molar-refractivity contribution in [2.45, 2.75) is 57.1 Å². The summed E-state index contributed by atoms with van der Waals surface area (Å²) < 4.78 is 10.6. The molecule has 1 rings (SSSR count). The Morgan fingerprint density at radius 3 is 2.06 bits per heavy atom. The molecular formula is C10H20O6. The van der Waals surface area contributed by atoms with E-state index < -0.39 is 42.9 Å². The van der Waals surface area contributed by atoms with Gasteiger partial charge in [-0.3, -0.25) is 0 Å². The van der Waals surface area contributed by atoms with Crippen LogP contribution in [0.15, 0.2) is 0 Å². The van der Waals surface area contributed by atoms with E-state index in [4.69, 9.17) is 14.6 Å². The van der Waals surface area contributed by atoms with Crippen molar-refractivity contribution in [3.05, 3.63) is 0 Å². The van der Waals surface area contributed by atoms with Crippen molar-refractivity contribution in [2.24, 2.45) is 0 Å². The molecule has 0 aliphatic carbocycles. The minimum absolute atomic E-state index is 0.449. The van der Waals surface area contributed by atoms with Crippen LogP contribution in [0.2, 0.25) is 0 Å². The molecule has 1 aliphatic heterocycles. The Kier molecular flexibility index (Phi) is 4.28. The maximum Gasteiger partial charge on any atom is 0.187 e. The third kappa shape index (κ3) is 3.13. The van der Waals surface area contributed by atoms with Gasteiger partial charge in [0.25, 0.3) is 0 Å². The summed E-state index contributed by atoms with van der Waals surface area (Å²) in [7, 11) is 0. The van der Waals surface area contributed by atoms with Crippen LogP contribution in [0.3, 0.4) is 0 Å². The van der Waals surface area contributed by atoms with Gasteiger partial charge in [-0.25, -0.2) is 0 Å². The summed E-state index contributed by atoms with van der Waals surface area (Å²) in [6, 6.07) is 0. The van der Waals surface area contributed by atoms with Crippen LogP contribution in [-0.2, 0) is 9.47 Å². The molecule has 1 heterocycles. The Morgan fingerprint density at radius 2 is 1.62 bits per heavy atom. The molecule has 0 aromatic heterocycles. The second-order valence-electron chi connectivity index (χ2n) is 4.93. The first kappa shape index (κ1) is 13.8. The number of hydrogen-bond acceptors (Lipinski definition) is 6. The first-order valence-electron chi connectivity index (χ1n) is 5.24. The minimum atomic E-state index is -1.39. The van der Waals surface area contributed by atoms with Gasteiger partial charge in [-0.1, -0.05) is 0 Å². The number of ether oxygens (including phenoxy) is 2. The van der Waals surface area contributed by atoms with Crippen molar-refractivity contribution in [3.63, 3.8) is 0 Å². The molecule has 4 N–H and O–H groups in total. The fourth-order valence-corrected chi connectivity index (χ4v) is 1.51. The van der Waals surface area contributed by atoms with Crippen LogP contribution < -0.4 is 0 Å². The molecule has 0 bridgehead atoms. The largest absolute Gasteiger partial charge is 0.394 e. The number of aliphatic hydroxyl groups excluding tert-OH is 4. The monoisotopic (exact) mass is 236 g/mol. The summed E-state index contributed by atoms with van der Waals surface area (Å²) in [4.78, 5) is 0. The van der Waals surface area contributed by atoms with Crippen molar-refractivity contribution in [3.8, 4) is 0 Å². The van der Waals surface area contributed by atoms with Crippen molar-refractivity contribution >= 4 is 0 Å². The summed E-state index contributed by atoms with van der Waals surface area (Å²) >= 11 is 0. The first-order chi connectivity index (χ1) is 7.26. The lowest BCUT2D eigenvalue weighted by Crippen LogP contribution is -2.60. The van der Waals surface area contributed by atoms with E-state index >= 15 is 0 Å². The van der Waals surface area contributed by atoms with Crippen molar-refractivity contribution in [1.29, 1.82) is 0 Å². The third-order valence-electron chi connectivity index (χ3n) is 2.32. The molecule has 1 saturated heterocycles. The van der Waals surface area contributed by atoms with E-state index in [1.807, 2.05) is 0 Å². The zero-order valence-corrected chi connectivity index (χ0v) is 9.70. The van der Waals surface area contributed by atoms with Gasteiger partial charge in [0.15, 0.2) is 6.29 Å². The molecule has 0 spiro atoms. The van der Waals surface area contributed by atoms with E-state index in [1.54, 1.807) is 20.8 Å². The van der Waals surface area contributed by atoms with Gasteiger partial charge in [-0.15, -0.1) is 0 Å². The highest BCUT2D eigenvalue weighted by Crippen LogP contribution is 2.25. The molecule has 1 aliphatic rings. The van der Waals surface area contributed by atoms with E-state index in [0.29, 0.717) is 0 Å². The molecule has 16 heavy (non-hydrogen) atoms. The molecule has 0 amide bonds. The number of rotatable bonds is 2. The minimum Gasteiger partial charge on any atom is -0.394 e. The van der Waals surface area contributed by atoms with Crippen LogP contribution in [-0.4, -0.2) is 63.3 Å². The summed E-state index contributed by atoms with van der Waals surface area (Å²) in [5.74, 6) is 0. The zero-order valence-electron chi connectivity index (χ0n) is 9.70. The first-order valence-corrected chi connectivity index (χ1v) is 5.24. The van der Waals surface area contributed by atoms with Crippen LogP contribution in [0.4, 0.5) is 0 Å². The standard InChI is InChI=1S/C10H20O6/c1-10(2,3)16-9-8(14)7(13)6(12)5(4-11)15-9/h5-9,11-14H,4H2,1-3H3/t5-,6-,7+,8-,9+/m1/s1. The predicted octanol–water partition coefficient (Wildman–Crippen LogP) is -1.40. The molecule has 0 unspecified atom stereocenters. The lowest BCUT2D eigenvalue weighted by molar-refractivity contribution is -0.320. The highest BCUT2D eigenvalue weighted by Gasteiger charge is 2.45. The molecule has 0 radical (unpaired) electrons. The molecular weight excluding hydrogens is 216 g/mol. The average Bonchev–Trinajstić information content (AvgIpc) is 2.17. The molecule has 96 valence electrons. The SMILES string of the molecule is CC(C)(C)O[C@@H]1O[C@H](CO)[C@@H](O)[C@H](O)[C@H]1O. The molecule has 0 aromatic carbocycles. The molecule has 0 aromatic rings. The van der Waals surface area contributed by atoms with Gasteiger partial charge in [0.1, 0.15) is 24.4 Å². The van der Waals surface area contributed by atoms with E-state index in [0.717, 1.165) is 0 Å². The van der Waals surface area contributed by atoms with Crippen molar-refractivity contribution in [2.75, 3.05) is 6.61 Å². The van der Waals surface area contributed by atoms with E-state index in [-0.39, 0.29) is 0 Å². The topological polar surface area (TPSA) is 99.4 Å². The summed E-state index contributed by atoms with van der Waals surface area (Å²) in [5, 5.41) is 37.6. The van der Waals surface area contributed by atoms with Crippen LogP contribution in [0.25, 0.3) is 0 Å². The number of aliphatic hydroxyl groups is 4. The van der Waals surface area contributed by atoms with Crippen molar-refractivity contribution in [1.82, 2.24) is 0 Å². The van der Waals surface area contributed by atoms with Crippen LogP contribution >= 0.6 is 0 Å². The lowest BCUT2D eigenvalue weighted by Gasteiger charge is -2.41. The summed E-state index contributed by atoms with van der Waals surface area (Å²) in [5.41, 5.74) is -0.562. The Labute approximate surface area is 94.4 Å². The van der Waals surface area contributed by atoms with E-state index in [1.165, 1.54) is 0 Å². The Hall–Kier alpha value is -0.240. The van der Waals surface area contributed by atoms with Crippen LogP contribution in [0, 0.1) is 0 Å². The lowest BCUT2D eigenvalue weighted by atomic mass is 9.99. The Balaban J connectivity index is 2.71. The second-order valence-corrected chi connectivity index (χ2v) is 4.93. The van der Waals surface area contributed by atoms with Crippen LogP contribution in [0.5, 0.6) is 0 Å². The molecule has 1 fully saturated rings. The summed E-state index contributed by atoms with van der Waals surface area (Å²) in [6.45, 7) is 4.87. The van der Waals surface area contributed by atoms with Gasteiger partial charge < -0.3 is 29.9 Å². The maximum atomic E-state index is 9.64. The molecule has 0 saturated carbocycles.